The Morgan fingerprint density at radius 2 is 2.19 bits per heavy atom. The van der Waals surface area contributed by atoms with Gasteiger partial charge in [0, 0.05) is 0 Å². The molecule has 0 aromatic carbocycles. The number of rotatable bonds is 7. The highest BCUT2D eigenvalue weighted by atomic mass is 16.5. The lowest BCUT2D eigenvalue weighted by Gasteiger charge is -2.21. The van der Waals surface area contributed by atoms with Gasteiger partial charge in [-0.15, -0.1) is 6.58 Å². The summed E-state index contributed by atoms with van der Waals surface area (Å²) in [5.74, 6) is -1.18. The number of carbonyl (C=O) groups excluding carboxylic acids is 2. The number of Topliss-reactive ketones (excluding diaryl/α,β-unsaturated/α-hetero) is 1. The van der Waals surface area contributed by atoms with E-state index in [0.29, 0.717) is 6.42 Å². The van der Waals surface area contributed by atoms with Crippen LogP contribution in [0.4, 0.5) is 0 Å². The summed E-state index contributed by atoms with van der Waals surface area (Å²) in [7, 11) is 0. The minimum Gasteiger partial charge on any atom is -0.465 e. The molecule has 0 radical (unpaired) electrons. The molecule has 5 heteroatoms. The van der Waals surface area contributed by atoms with Crippen LogP contribution in [0.2, 0.25) is 0 Å². The molecule has 0 aliphatic rings. The summed E-state index contributed by atoms with van der Waals surface area (Å²) in [6.07, 6.45) is 3.11. The fourth-order valence-electron chi connectivity index (χ4n) is 1.20. The van der Waals surface area contributed by atoms with Gasteiger partial charge >= 0.3 is 12.2 Å². The summed E-state index contributed by atoms with van der Waals surface area (Å²) < 4.78 is 4.83. The minimum absolute atomic E-state index is 0.200. The third-order valence-electron chi connectivity index (χ3n) is 2.29. The number of ether oxygens (including phenoxy) is 1. The molecule has 0 bridgehead atoms. The summed E-state index contributed by atoms with van der Waals surface area (Å²) in [5, 5.41) is 0. The molecular weight excluding hydrogens is 208 g/mol. The van der Waals surface area contributed by atoms with Crippen LogP contribution in [-0.4, -0.2) is 29.4 Å². The van der Waals surface area contributed by atoms with Gasteiger partial charge < -0.3 is 10.3 Å². The highest BCUT2D eigenvalue weighted by Crippen LogP contribution is 2.26. The first-order valence-corrected chi connectivity index (χ1v) is 5.03. The quantitative estimate of drug-likeness (QED) is 0.164. The summed E-state index contributed by atoms with van der Waals surface area (Å²) in [6, 6.07) is 0. The van der Waals surface area contributed by atoms with Gasteiger partial charge in [0.25, 0.3) is 5.78 Å². The van der Waals surface area contributed by atoms with Gasteiger partial charge in [-0.2, -0.15) is 4.79 Å². The summed E-state index contributed by atoms with van der Waals surface area (Å²) in [6.45, 7) is 6.86. The standard InChI is InChI=1S/C11H16N2O3/c1-4-6-7-11(3,9(14)8-13-12)10(15)16-5-2/h4,8H,1,5-7H2,2-3H3. The Balaban J connectivity index is 4.99. The van der Waals surface area contributed by atoms with Crippen molar-refractivity contribution in [1.82, 2.24) is 0 Å². The lowest BCUT2D eigenvalue weighted by atomic mass is 9.81. The number of nitrogens with zero attached hydrogens (tertiary/aromatic N) is 2. The molecule has 0 spiro atoms. The van der Waals surface area contributed by atoms with Crippen molar-refractivity contribution in [3.8, 4) is 0 Å². The van der Waals surface area contributed by atoms with Crippen LogP contribution < -0.4 is 0 Å². The third-order valence-corrected chi connectivity index (χ3v) is 2.29. The molecule has 1 atom stereocenters. The Kier molecular flexibility index (Phi) is 5.96. The van der Waals surface area contributed by atoms with Crippen molar-refractivity contribution < 1.29 is 19.1 Å². The zero-order chi connectivity index (χ0) is 12.6. The van der Waals surface area contributed by atoms with Crippen LogP contribution in [0.3, 0.4) is 0 Å². The molecule has 0 heterocycles. The highest BCUT2D eigenvalue weighted by molar-refractivity contribution is 6.32. The first kappa shape index (κ1) is 14.3. The number of allylic oxidation sites excluding steroid dienone is 1. The molecule has 0 aromatic rings. The predicted octanol–water partition coefficient (Wildman–Crippen LogP) is 1.39. The molecule has 1 unspecified atom stereocenters. The van der Waals surface area contributed by atoms with Gasteiger partial charge in [-0.3, -0.25) is 9.59 Å². The van der Waals surface area contributed by atoms with Gasteiger partial charge in [-0.25, -0.2) is 0 Å². The normalized spacial score (nSPS) is 13.1. The smallest absolute Gasteiger partial charge is 0.324 e. The second-order valence-corrected chi connectivity index (χ2v) is 3.49. The second-order valence-electron chi connectivity index (χ2n) is 3.49. The molecule has 0 aromatic heterocycles. The summed E-state index contributed by atoms with van der Waals surface area (Å²) >= 11 is 0. The Labute approximate surface area is 94.7 Å². The molecule has 0 rings (SSSR count). The van der Waals surface area contributed by atoms with E-state index >= 15 is 0 Å². The van der Waals surface area contributed by atoms with E-state index in [-0.39, 0.29) is 13.0 Å². The van der Waals surface area contributed by atoms with Crippen LogP contribution >= 0.6 is 0 Å². The fraction of sp³-hybridized carbons (Fsp3) is 0.545. The molecular formula is C11H16N2O3. The minimum atomic E-state index is -1.31. The molecule has 0 amide bonds. The van der Waals surface area contributed by atoms with Crippen LogP contribution in [0.1, 0.15) is 26.7 Å². The average Bonchev–Trinajstić information content (AvgIpc) is 2.26. The zero-order valence-electron chi connectivity index (χ0n) is 9.60. The Morgan fingerprint density at radius 1 is 1.56 bits per heavy atom. The van der Waals surface area contributed by atoms with Crippen molar-refractivity contribution >= 4 is 18.0 Å². The van der Waals surface area contributed by atoms with E-state index in [1.165, 1.54) is 6.92 Å². The lowest BCUT2D eigenvalue weighted by molar-refractivity contribution is -0.158. The van der Waals surface area contributed by atoms with Crippen molar-refractivity contribution in [3.63, 3.8) is 0 Å². The predicted molar refractivity (Wildman–Crippen MR) is 58.9 cm³/mol. The van der Waals surface area contributed by atoms with E-state index in [1.807, 2.05) is 0 Å². The molecule has 88 valence electrons. The van der Waals surface area contributed by atoms with E-state index < -0.39 is 17.2 Å². The first-order chi connectivity index (χ1) is 7.52. The van der Waals surface area contributed by atoms with Gasteiger partial charge in [0.05, 0.1) is 6.61 Å². The number of ketones is 1. The maximum absolute atomic E-state index is 11.7. The molecule has 0 fully saturated rings. The molecule has 16 heavy (non-hydrogen) atoms. The molecule has 5 nitrogen and oxygen atoms in total. The maximum Gasteiger partial charge on any atom is 0.324 e. The van der Waals surface area contributed by atoms with Crippen LogP contribution in [0, 0.1) is 5.41 Å². The number of hydrogen-bond acceptors (Lipinski definition) is 3. The maximum atomic E-state index is 11.7. The molecule has 0 aliphatic carbocycles. The summed E-state index contributed by atoms with van der Waals surface area (Å²) in [5.41, 5.74) is 7.00. The second kappa shape index (κ2) is 6.69. The molecule has 0 aliphatic heterocycles. The van der Waals surface area contributed by atoms with Crippen molar-refractivity contribution in [2.24, 2.45) is 5.41 Å². The van der Waals surface area contributed by atoms with Crippen molar-refractivity contribution in [2.45, 2.75) is 26.7 Å². The SMILES string of the molecule is C=CCCC(C)(C(=O)C=[N+]=[N-])C(=O)OCC. The van der Waals surface area contributed by atoms with Crippen LogP contribution in [0.5, 0.6) is 0 Å². The topological polar surface area (TPSA) is 79.8 Å². The van der Waals surface area contributed by atoms with E-state index in [4.69, 9.17) is 10.3 Å². The first-order valence-electron chi connectivity index (χ1n) is 5.03. The van der Waals surface area contributed by atoms with Crippen molar-refractivity contribution in [2.75, 3.05) is 6.61 Å². The van der Waals surface area contributed by atoms with E-state index in [1.54, 1.807) is 13.0 Å². The summed E-state index contributed by atoms with van der Waals surface area (Å²) in [4.78, 5) is 26.0. The largest absolute Gasteiger partial charge is 0.465 e. The van der Waals surface area contributed by atoms with Crippen LogP contribution in [0.25, 0.3) is 5.53 Å². The monoisotopic (exact) mass is 224 g/mol. The zero-order valence-corrected chi connectivity index (χ0v) is 9.60. The Bertz CT molecular complexity index is 332. The van der Waals surface area contributed by atoms with Crippen LogP contribution in [-0.2, 0) is 14.3 Å². The average molecular weight is 224 g/mol. The molecule has 0 saturated carbocycles. The molecule has 0 saturated heterocycles. The third kappa shape index (κ3) is 3.44. The molecule has 0 N–H and O–H groups in total. The fourth-order valence-corrected chi connectivity index (χ4v) is 1.20. The van der Waals surface area contributed by atoms with Crippen molar-refractivity contribution in [1.29, 1.82) is 0 Å². The van der Waals surface area contributed by atoms with E-state index in [2.05, 4.69) is 11.4 Å². The van der Waals surface area contributed by atoms with E-state index in [9.17, 15) is 9.59 Å². The van der Waals surface area contributed by atoms with Gasteiger partial charge in [-0.1, -0.05) is 6.08 Å². The van der Waals surface area contributed by atoms with Gasteiger partial charge in [0.2, 0.25) is 0 Å². The van der Waals surface area contributed by atoms with Gasteiger partial charge in [0.15, 0.2) is 0 Å². The number of hydrogen-bond donors (Lipinski definition) is 0. The number of esters is 1. The highest BCUT2D eigenvalue weighted by Gasteiger charge is 2.42. The number of carbonyl (C=O) groups is 2. The lowest BCUT2D eigenvalue weighted by Crippen LogP contribution is -2.39. The van der Waals surface area contributed by atoms with Gasteiger partial charge in [-0.05, 0) is 26.7 Å². The Hall–Kier alpha value is -1.74. The van der Waals surface area contributed by atoms with E-state index in [0.717, 1.165) is 6.21 Å². The Morgan fingerprint density at radius 3 is 2.62 bits per heavy atom. The van der Waals surface area contributed by atoms with Crippen LogP contribution in [0.15, 0.2) is 12.7 Å². The van der Waals surface area contributed by atoms with Crippen molar-refractivity contribution in [3.05, 3.63) is 18.2 Å². The van der Waals surface area contributed by atoms with Gasteiger partial charge in [0.1, 0.15) is 5.41 Å².